The van der Waals surface area contributed by atoms with Gasteiger partial charge in [-0.2, -0.15) is 0 Å². The van der Waals surface area contributed by atoms with Gasteiger partial charge in [0, 0.05) is 25.5 Å². The van der Waals surface area contributed by atoms with Crippen molar-refractivity contribution < 1.29 is 4.79 Å². The molecule has 0 spiro atoms. The van der Waals surface area contributed by atoms with Crippen molar-refractivity contribution in [3.63, 3.8) is 0 Å². The van der Waals surface area contributed by atoms with Crippen LogP contribution in [0.5, 0.6) is 0 Å². The standard InChI is InChI=1S/C15H17N3O/c1-11-4-3-5-12(8-11)10-18(2)15(19)14-9-13(16)6-7-17-14/h3-9H,10H2,1-2H3,(H2,16,17). The van der Waals surface area contributed by atoms with Gasteiger partial charge in [0.2, 0.25) is 0 Å². The number of anilines is 1. The fourth-order valence-corrected chi connectivity index (χ4v) is 1.92. The molecule has 4 heteroatoms. The molecule has 0 aliphatic heterocycles. The maximum Gasteiger partial charge on any atom is 0.272 e. The molecule has 0 aliphatic carbocycles. The van der Waals surface area contributed by atoms with Crippen LogP contribution >= 0.6 is 0 Å². The molecule has 0 fully saturated rings. The summed E-state index contributed by atoms with van der Waals surface area (Å²) in [6.07, 6.45) is 1.54. The number of carbonyl (C=O) groups excluding carboxylic acids is 1. The summed E-state index contributed by atoms with van der Waals surface area (Å²) in [4.78, 5) is 17.9. The van der Waals surface area contributed by atoms with Crippen molar-refractivity contribution >= 4 is 11.6 Å². The maximum atomic E-state index is 12.2. The molecule has 2 rings (SSSR count). The number of nitrogen functional groups attached to an aromatic ring is 1. The average molecular weight is 255 g/mol. The number of hydrogen-bond donors (Lipinski definition) is 1. The lowest BCUT2D eigenvalue weighted by Crippen LogP contribution is -2.27. The molecule has 0 saturated heterocycles. The smallest absolute Gasteiger partial charge is 0.272 e. The molecule has 2 aromatic rings. The predicted molar refractivity (Wildman–Crippen MR) is 75.6 cm³/mol. The van der Waals surface area contributed by atoms with Gasteiger partial charge in [-0.1, -0.05) is 29.8 Å². The molecule has 1 aromatic heterocycles. The van der Waals surface area contributed by atoms with Crippen LogP contribution in [0.1, 0.15) is 21.6 Å². The van der Waals surface area contributed by atoms with Gasteiger partial charge in [-0.05, 0) is 24.6 Å². The van der Waals surface area contributed by atoms with E-state index in [9.17, 15) is 4.79 Å². The Balaban J connectivity index is 2.12. The van der Waals surface area contributed by atoms with Crippen LogP contribution in [0.3, 0.4) is 0 Å². The average Bonchev–Trinajstić information content (AvgIpc) is 2.38. The highest BCUT2D eigenvalue weighted by Crippen LogP contribution is 2.10. The third-order valence-corrected chi connectivity index (χ3v) is 2.85. The Morgan fingerprint density at radius 2 is 2.11 bits per heavy atom. The molecule has 1 aromatic carbocycles. The normalized spacial score (nSPS) is 10.2. The minimum Gasteiger partial charge on any atom is -0.399 e. The van der Waals surface area contributed by atoms with Gasteiger partial charge in [0.05, 0.1) is 0 Å². The SMILES string of the molecule is Cc1cccc(CN(C)C(=O)c2cc(N)ccn2)c1. The Bertz CT molecular complexity index is 595. The number of carbonyl (C=O) groups is 1. The van der Waals surface area contributed by atoms with Crippen LogP contribution in [0, 0.1) is 6.92 Å². The van der Waals surface area contributed by atoms with E-state index in [0.717, 1.165) is 5.56 Å². The minimum atomic E-state index is -0.131. The van der Waals surface area contributed by atoms with E-state index < -0.39 is 0 Å². The highest BCUT2D eigenvalue weighted by atomic mass is 16.2. The monoisotopic (exact) mass is 255 g/mol. The van der Waals surface area contributed by atoms with Crippen LogP contribution in [0.25, 0.3) is 0 Å². The number of amides is 1. The first-order valence-electron chi connectivity index (χ1n) is 6.09. The van der Waals surface area contributed by atoms with Gasteiger partial charge in [-0.25, -0.2) is 0 Å². The third kappa shape index (κ3) is 3.31. The second-order valence-electron chi connectivity index (χ2n) is 4.62. The molecule has 0 unspecified atom stereocenters. The van der Waals surface area contributed by atoms with E-state index in [0.29, 0.717) is 17.9 Å². The Morgan fingerprint density at radius 3 is 2.79 bits per heavy atom. The van der Waals surface area contributed by atoms with Gasteiger partial charge >= 0.3 is 0 Å². The minimum absolute atomic E-state index is 0.131. The first-order chi connectivity index (χ1) is 9.06. The van der Waals surface area contributed by atoms with Crippen molar-refractivity contribution in [3.05, 3.63) is 59.4 Å². The highest BCUT2D eigenvalue weighted by Gasteiger charge is 2.13. The molecule has 98 valence electrons. The molecule has 0 bridgehead atoms. The number of nitrogens with two attached hydrogens (primary N) is 1. The van der Waals surface area contributed by atoms with Gasteiger partial charge in [0.15, 0.2) is 0 Å². The molecular formula is C15H17N3O. The zero-order valence-corrected chi connectivity index (χ0v) is 11.1. The summed E-state index contributed by atoms with van der Waals surface area (Å²) in [6.45, 7) is 2.59. The lowest BCUT2D eigenvalue weighted by Gasteiger charge is -2.17. The topological polar surface area (TPSA) is 59.2 Å². The second-order valence-corrected chi connectivity index (χ2v) is 4.62. The summed E-state index contributed by atoms with van der Waals surface area (Å²) in [7, 11) is 1.76. The highest BCUT2D eigenvalue weighted by molar-refractivity contribution is 5.92. The van der Waals surface area contributed by atoms with Gasteiger partial charge in [-0.15, -0.1) is 0 Å². The molecule has 1 heterocycles. The Kier molecular flexibility index (Phi) is 3.80. The molecule has 0 radical (unpaired) electrons. The fraction of sp³-hybridized carbons (Fsp3) is 0.200. The number of benzene rings is 1. The van der Waals surface area contributed by atoms with Gasteiger partial charge in [0.25, 0.3) is 5.91 Å². The number of pyridine rings is 1. The van der Waals surface area contributed by atoms with Crippen LogP contribution in [0.15, 0.2) is 42.6 Å². The maximum absolute atomic E-state index is 12.2. The molecule has 0 aliphatic rings. The number of nitrogens with zero attached hydrogens (tertiary/aromatic N) is 2. The van der Waals surface area contributed by atoms with Gasteiger partial charge in [0.1, 0.15) is 5.69 Å². The van der Waals surface area contributed by atoms with E-state index in [-0.39, 0.29) is 5.91 Å². The number of aromatic nitrogens is 1. The predicted octanol–water partition coefficient (Wildman–Crippen LogP) is 2.24. The van der Waals surface area contributed by atoms with E-state index in [1.165, 1.54) is 5.56 Å². The molecule has 0 atom stereocenters. The lowest BCUT2D eigenvalue weighted by molar-refractivity contribution is 0.0779. The van der Waals surface area contributed by atoms with Crippen LogP contribution in [-0.4, -0.2) is 22.8 Å². The van der Waals surface area contributed by atoms with E-state index in [4.69, 9.17) is 5.73 Å². The molecule has 19 heavy (non-hydrogen) atoms. The van der Waals surface area contributed by atoms with Crippen molar-refractivity contribution in [2.45, 2.75) is 13.5 Å². The first kappa shape index (κ1) is 13.1. The zero-order valence-electron chi connectivity index (χ0n) is 11.1. The first-order valence-corrected chi connectivity index (χ1v) is 6.09. The van der Waals surface area contributed by atoms with Crippen molar-refractivity contribution in [1.82, 2.24) is 9.88 Å². The van der Waals surface area contributed by atoms with E-state index in [1.54, 1.807) is 30.3 Å². The van der Waals surface area contributed by atoms with Crippen molar-refractivity contribution in [1.29, 1.82) is 0 Å². The van der Waals surface area contributed by atoms with Crippen LogP contribution < -0.4 is 5.73 Å². The van der Waals surface area contributed by atoms with Crippen molar-refractivity contribution in [2.24, 2.45) is 0 Å². The summed E-state index contributed by atoms with van der Waals surface area (Å²) >= 11 is 0. The Morgan fingerprint density at radius 1 is 1.32 bits per heavy atom. The molecular weight excluding hydrogens is 238 g/mol. The number of rotatable bonds is 3. The molecule has 2 N–H and O–H groups in total. The van der Waals surface area contributed by atoms with Gasteiger partial charge in [-0.3, -0.25) is 9.78 Å². The molecule has 0 saturated carbocycles. The van der Waals surface area contributed by atoms with Crippen LogP contribution in [0.4, 0.5) is 5.69 Å². The van der Waals surface area contributed by atoms with E-state index in [1.807, 2.05) is 25.1 Å². The summed E-state index contributed by atoms with van der Waals surface area (Å²) in [5.74, 6) is -0.131. The number of hydrogen-bond acceptors (Lipinski definition) is 3. The summed E-state index contributed by atoms with van der Waals surface area (Å²) in [5, 5.41) is 0. The van der Waals surface area contributed by atoms with Crippen LogP contribution in [-0.2, 0) is 6.54 Å². The third-order valence-electron chi connectivity index (χ3n) is 2.85. The molecule has 1 amide bonds. The summed E-state index contributed by atoms with van der Waals surface area (Å²) in [6, 6.07) is 11.3. The van der Waals surface area contributed by atoms with E-state index in [2.05, 4.69) is 11.1 Å². The van der Waals surface area contributed by atoms with Crippen molar-refractivity contribution in [3.8, 4) is 0 Å². The molecule has 4 nitrogen and oxygen atoms in total. The fourth-order valence-electron chi connectivity index (χ4n) is 1.92. The van der Waals surface area contributed by atoms with E-state index >= 15 is 0 Å². The Hall–Kier alpha value is -2.36. The second kappa shape index (κ2) is 5.52. The van der Waals surface area contributed by atoms with Crippen LogP contribution in [0.2, 0.25) is 0 Å². The largest absolute Gasteiger partial charge is 0.399 e. The number of aryl methyl sites for hydroxylation is 1. The van der Waals surface area contributed by atoms with Crippen molar-refractivity contribution in [2.75, 3.05) is 12.8 Å². The summed E-state index contributed by atoms with van der Waals surface area (Å²) in [5.41, 5.74) is 8.85. The lowest BCUT2D eigenvalue weighted by atomic mass is 10.1. The Labute approximate surface area is 112 Å². The van der Waals surface area contributed by atoms with Gasteiger partial charge < -0.3 is 10.6 Å². The zero-order chi connectivity index (χ0) is 13.8. The quantitative estimate of drug-likeness (QED) is 0.915. The summed E-state index contributed by atoms with van der Waals surface area (Å²) < 4.78 is 0.